The third-order valence-electron chi connectivity index (χ3n) is 4.41. The van der Waals surface area contributed by atoms with Crippen molar-refractivity contribution in [1.29, 1.82) is 0 Å². The molecule has 5 heteroatoms. The maximum atomic E-state index is 12.6. The summed E-state index contributed by atoms with van der Waals surface area (Å²) in [4.78, 5) is 25.9. The van der Waals surface area contributed by atoms with Gasteiger partial charge in [0.05, 0.1) is 5.41 Å². The van der Waals surface area contributed by atoms with Crippen molar-refractivity contribution in [2.24, 2.45) is 5.41 Å². The Balaban J connectivity index is 2.25. The molecule has 1 N–H and O–H groups in total. The van der Waals surface area contributed by atoms with Crippen molar-refractivity contribution in [2.45, 2.75) is 33.1 Å². The van der Waals surface area contributed by atoms with E-state index in [1.54, 1.807) is 23.1 Å². The normalized spacial score (nSPS) is 22.1. The molecule has 1 amide bonds. The lowest BCUT2D eigenvalue weighted by atomic mass is 9.77. The minimum atomic E-state index is -0.811. The summed E-state index contributed by atoms with van der Waals surface area (Å²) in [5, 5.41) is 10.1. The lowest BCUT2D eigenvalue weighted by Gasteiger charge is -2.39. The number of nitrogens with zero attached hydrogens (tertiary/aromatic N) is 1. The first-order valence-corrected chi connectivity index (χ1v) is 7.56. The van der Waals surface area contributed by atoms with Gasteiger partial charge in [0.2, 0.25) is 0 Å². The summed E-state index contributed by atoms with van der Waals surface area (Å²) in [6, 6.07) is 5.15. The predicted octanol–water partition coefficient (Wildman–Crippen LogP) is 3.37. The summed E-state index contributed by atoms with van der Waals surface area (Å²) < 4.78 is 0. The number of carboxylic acids is 1. The molecule has 2 rings (SSSR count). The van der Waals surface area contributed by atoms with E-state index in [0.29, 0.717) is 30.0 Å². The Labute approximate surface area is 129 Å². The fourth-order valence-corrected chi connectivity index (χ4v) is 3.18. The van der Waals surface area contributed by atoms with Crippen molar-refractivity contribution < 1.29 is 14.7 Å². The summed E-state index contributed by atoms with van der Waals surface area (Å²) in [5.74, 6) is -0.918. The fourth-order valence-electron chi connectivity index (χ4n) is 2.96. The molecular weight excluding hydrogens is 290 g/mol. The minimum Gasteiger partial charge on any atom is -0.481 e. The van der Waals surface area contributed by atoms with Crippen LogP contribution in [-0.4, -0.2) is 35.0 Å². The summed E-state index contributed by atoms with van der Waals surface area (Å²) in [6.45, 7) is 4.60. The number of hydrogen-bond acceptors (Lipinski definition) is 2. The van der Waals surface area contributed by atoms with Crippen LogP contribution in [0.3, 0.4) is 0 Å². The van der Waals surface area contributed by atoms with Crippen LogP contribution in [0.2, 0.25) is 5.02 Å². The first kappa shape index (κ1) is 15.8. The van der Waals surface area contributed by atoms with Crippen LogP contribution >= 0.6 is 11.6 Å². The molecule has 0 radical (unpaired) electrons. The molecule has 21 heavy (non-hydrogen) atoms. The molecule has 1 aromatic rings. The summed E-state index contributed by atoms with van der Waals surface area (Å²) in [6.07, 6.45) is 1.88. The van der Waals surface area contributed by atoms with Crippen molar-refractivity contribution in [3.63, 3.8) is 0 Å². The molecule has 1 heterocycles. The van der Waals surface area contributed by atoms with Crippen molar-refractivity contribution in [1.82, 2.24) is 4.90 Å². The van der Waals surface area contributed by atoms with E-state index in [1.165, 1.54) is 0 Å². The van der Waals surface area contributed by atoms with Crippen LogP contribution in [0.25, 0.3) is 0 Å². The van der Waals surface area contributed by atoms with E-state index >= 15 is 0 Å². The molecule has 1 atom stereocenters. The van der Waals surface area contributed by atoms with E-state index in [1.807, 2.05) is 13.8 Å². The first-order valence-electron chi connectivity index (χ1n) is 7.18. The van der Waals surface area contributed by atoms with E-state index in [9.17, 15) is 14.7 Å². The van der Waals surface area contributed by atoms with E-state index in [0.717, 1.165) is 12.0 Å². The number of amides is 1. The van der Waals surface area contributed by atoms with Gasteiger partial charge in [0, 0.05) is 23.7 Å². The molecule has 1 aromatic carbocycles. The molecule has 0 aromatic heterocycles. The Morgan fingerprint density at radius 1 is 1.43 bits per heavy atom. The Morgan fingerprint density at radius 2 is 2.14 bits per heavy atom. The van der Waals surface area contributed by atoms with Gasteiger partial charge in [0.1, 0.15) is 0 Å². The monoisotopic (exact) mass is 309 g/mol. The second-order valence-corrected chi connectivity index (χ2v) is 6.16. The summed E-state index contributed by atoms with van der Waals surface area (Å²) in [7, 11) is 0. The van der Waals surface area contributed by atoms with Gasteiger partial charge in [-0.2, -0.15) is 0 Å². The van der Waals surface area contributed by atoms with Crippen LogP contribution in [0, 0.1) is 12.3 Å². The lowest BCUT2D eigenvalue weighted by Crippen LogP contribution is -2.49. The van der Waals surface area contributed by atoms with Crippen molar-refractivity contribution in [3.05, 3.63) is 34.3 Å². The highest BCUT2D eigenvalue weighted by Gasteiger charge is 2.42. The van der Waals surface area contributed by atoms with E-state index < -0.39 is 11.4 Å². The Hall–Kier alpha value is -1.55. The molecule has 1 fully saturated rings. The molecule has 1 unspecified atom stereocenters. The average Bonchev–Trinajstić information content (AvgIpc) is 2.46. The number of hydrogen-bond donors (Lipinski definition) is 1. The van der Waals surface area contributed by atoms with Crippen LogP contribution in [0.5, 0.6) is 0 Å². The maximum Gasteiger partial charge on any atom is 0.311 e. The topological polar surface area (TPSA) is 57.6 Å². The Kier molecular flexibility index (Phi) is 4.57. The van der Waals surface area contributed by atoms with Crippen molar-refractivity contribution in [2.75, 3.05) is 13.1 Å². The predicted molar refractivity (Wildman–Crippen MR) is 81.7 cm³/mol. The average molecular weight is 310 g/mol. The van der Waals surface area contributed by atoms with Crippen molar-refractivity contribution in [3.8, 4) is 0 Å². The van der Waals surface area contributed by atoms with Crippen LogP contribution in [0.4, 0.5) is 0 Å². The highest BCUT2D eigenvalue weighted by molar-refractivity contribution is 6.30. The second-order valence-electron chi connectivity index (χ2n) is 5.73. The number of rotatable bonds is 3. The van der Waals surface area contributed by atoms with Gasteiger partial charge in [-0.1, -0.05) is 18.5 Å². The van der Waals surface area contributed by atoms with Gasteiger partial charge in [-0.05, 0) is 49.9 Å². The number of piperidine rings is 1. The number of benzene rings is 1. The molecule has 0 saturated carbocycles. The Bertz CT molecular complexity index is 573. The van der Waals surface area contributed by atoms with Gasteiger partial charge >= 0.3 is 5.97 Å². The molecule has 0 bridgehead atoms. The zero-order valence-corrected chi connectivity index (χ0v) is 13.1. The molecular formula is C16H20ClNO3. The number of carboxylic acid groups (broad SMARTS) is 1. The van der Waals surface area contributed by atoms with Gasteiger partial charge in [0.25, 0.3) is 5.91 Å². The van der Waals surface area contributed by atoms with Gasteiger partial charge in [-0.3, -0.25) is 9.59 Å². The van der Waals surface area contributed by atoms with Gasteiger partial charge in [0.15, 0.2) is 0 Å². The molecule has 0 aliphatic carbocycles. The molecule has 1 saturated heterocycles. The standard InChI is InChI=1S/C16H20ClNO3/c1-3-16(15(20)21)7-4-8-18(10-16)14(19)13-6-5-12(17)9-11(13)2/h5-6,9H,3-4,7-8,10H2,1-2H3,(H,20,21). The fraction of sp³-hybridized carbons (Fsp3) is 0.500. The highest BCUT2D eigenvalue weighted by atomic mass is 35.5. The third kappa shape index (κ3) is 3.05. The molecule has 114 valence electrons. The van der Waals surface area contributed by atoms with Crippen LogP contribution in [-0.2, 0) is 4.79 Å². The number of aryl methyl sites for hydroxylation is 1. The molecule has 4 nitrogen and oxygen atoms in total. The minimum absolute atomic E-state index is 0.108. The number of aliphatic carboxylic acids is 1. The van der Waals surface area contributed by atoms with E-state index in [2.05, 4.69) is 0 Å². The first-order chi connectivity index (χ1) is 9.89. The smallest absolute Gasteiger partial charge is 0.311 e. The SMILES string of the molecule is CCC1(C(=O)O)CCCN(C(=O)c2ccc(Cl)cc2C)C1. The summed E-state index contributed by atoms with van der Waals surface area (Å²) >= 11 is 5.91. The van der Waals surface area contributed by atoms with Gasteiger partial charge < -0.3 is 10.0 Å². The van der Waals surface area contributed by atoms with Gasteiger partial charge in [-0.15, -0.1) is 0 Å². The zero-order valence-electron chi connectivity index (χ0n) is 12.4. The van der Waals surface area contributed by atoms with Gasteiger partial charge in [-0.25, -0.2) is 0 Å². The quantitative estimate of drug-likeness (QED) is 0.931. The molecule has 0 spiro atoms. The zero-order chi connectivity index (χ0) is 15.6. The van der Waals surface area contributed by atoms with Crippen LogP contribution in [0.15, 0.2) is 18.2 Å². The maximum absolute atomic E-state index is 12.6. The number of likely N-dealkylation sites (tertiary alicyclic amines) is 1. The van der Waals surface area contributed by atoms with E-state index in [4.69, 9.17) is 11.6 Å². The lowest BCUT2D eigenvalue weighted by molar-refractivity contribution is -0.152. The summed E-state index contributed by atoms with van der Waals surface area (Å²) in [5.41, 5.74) is 0.598. The molecule has 1 aliphatic heterocycles. The number of carbonyl (C=O) groups is 2. The third-order valence-corrected chi connectivity index (χ3v) is 4.65. The van der Waals surface area contributed by atoms with Crippen molar-refractivity contribution >= 4 is 23.5 Å². The number of halogens is 1. The van der Waals surface area contributed by atoms with Crippen LogP contribution in [0.1, 0.15) is 42.1 Å². The largest absolute Gasteiger partial charge is 0.481 e. The van der Waals surface area contributed by atoms with E-state index in [-0.39, 0.29) is 12.5 Å². The molecule has 1 aliphatic rings. The second kappa shape index (κ2) is 6.06. The number of carbonyl (C=O) groups excluding carboxylic acids is 1. The highest BCUT2D eigenvalue weighted by Crippen LogP contribution is 2.34. The van der Waals surface area contributed by atoms with Crippen LogP contribution < -0.4 is 0 Å². The Morgan fingerprint density at radius 3 is 2.71 bits per heavy atom.